The molecule has 2 aromatic carbocycles. The third kappa shape index (κ3) is 2.09. The average Bonchev–Trinajstić information content (AvgIpc) is 2.98. The van der Waals surface area contributed by atoms with Gasteiger partial charge in [-0.05, 0) is 54.0 Å². The molecule has 3 N–H and O–H groups in total. The normalized spacial score (nSPS) is 26.8. The molecule has 21 heavy (non-hydrogen) atoms. The molecule has 0 saturated heterocycles. The van der Waals surface area contributed by atoms with E-state index in [0.29, 0.717) is 17.9 Å². The molecular weight excluding hydrogens is 280 g/mol. The largest absolute Gasteiger partial charge is 0.397 e. The number of fused-ring (bicyclic) bond motifs is 3. The highest BCUT2D eigenvalue weighted by molar-refractivity contribution is 6.30. The number of anilines is 2. The van der Waals surface area contributed by atoms with E-state index in [1.54, 1.807) is 0 Å². The first-order valence-electron chi connectivity index (χ1n) is 7.64. The average molecular weight is 299 g/mol. The maximum absolute atomic E-state index is 6.20. The Bertz CT molecular complexity index is 665. The number of halogens is 1. The molecule has 1 aliphatic heterocycles. The van der Waals surface area contributed by atoms with Gasteiger partial charge in [0.1, 0.15) is 0 Å². The molecule has 0 unspecified atom stereocenters. The molecule has 4 rings (SSSR count). The Morgan fingerprint density at radius 2 is 1.86 bits per heavy atom. The van der Waals surface area contributed by atoms with Gasteiger partial charge in [-0.1, -0.05) is 42.3 Å². The fourth-order valence-electron chi connectivity index (χ4n) is 4.10. The zero-order valence-corrected chi connectivity index (χ0v) is 12.6. The van der Waals surface area contributed by atoms with Crippen LogP contribution in [0.2, 0.25) is 5.02 Å². The number of benzene rings is 2. The van der Waals surface area contributed by atoms with Crippen LogP contribution in [0.3, 0.4) is 0 Å². The van der Waals surface area contributed by atoms with Gasteiger partial charge in [0.15, 0.2) is 0 Å². The summed E-state index contributed by atoms with van der Waals surface area (Å²) in [4.78, 5) is 0. The lowest BCUT2D eigenvalue weighted by molar-refractivity contribution is 0.406. The number of nitrogens with two attached hydrogens (primary N) is 1. The molecule has 1 fully saturated rings. The Kier molecular flexibility index (Phi) is 3.07. The molecular formula is C18H19ClN2. The second-order valence-electron chi connectivity index (χ2n) is 6.19. The van der Waals surface area contributed by atoms with Crippen molar-refractivity contribution in [2.24, 2.45) is 5.92 Å². The predicted molar refractivity (Wildman–Crippen MR) is 88.8 cm³/mol. The molecule has 0 aromatic heterocycles. The molecule has 0 radical (unpaired) electrons. The standard InChI is InChI=1S/C18H19ClN2/c19-12-9-7-11(8-10-12)17-14-4-1-3-13(14)15-5-2-6-16(20)18(15)21-17/h2,5-10,13-14,17,21H,1,3-4,20H2/t13-,14-,17-/m0/s1. The highest BCUT2D eigenvalue weighted by atomic mass is 35.5. The van der Waals surface area contributed by atoms with Gasteiger partial charge in [-0.25, -0.2) is 0 Å². The molecule has 3 heteroatoms. The fourth-order valence-corrected chi connectivity index (χ4v) is 4.23. The highest BCUT2D eigenvalue weighted by Crippen LogP contribution is 2.53. The number of para-hydroxylation sites is 1. The van der Waals surface area contributed by atoms with Crippen LogP contribution in [0.4, 0.5) is 11.4 Å². The minimum atomic E-state index is 0.340. The fraction of sp³-hybridized carbons (Fsp3) is 0.333. The van der Waals surface area contributed by atoms with E-state index in [0.717, 1.165) is 16.4 Å². The van der Waals surface area contributed by atoms with Crippen molar-refractivity contribution in [1.82, 2.24) is 0 Å². The third-order valence-electron chi connectivity index (χ3n) is 5.05. The summed E-state index contributed by atoms with van der Waals surface area (Å²) in [6.07, 6.45) is 3.85. The molecule has 0 bridgehead atoms. The van der Waals surface area contributed by atoms with Gasteiger partial charge in [0.25, 0.3) is 0 Å². The monoisotopic (exact) mass is 298 g/mol. The van der Waals surface area contributed by atoms with Crippen LogP contribution >= 0.6 is 11.6 Å². The Morgan fingerprint density at radius 3 is 2.67 bits per heavy atom. The van der Waals surface area contributed by atoms with Gasteiger partial charge >= 0.3 is 0 Å². The van der Waals surface area contributed by atoms with E-state index in [9.17, 15) is 0 Å². The zero-order chi connectivity index (χ0) is 14.4. The molecule has 2 aromatic rings. The summed E-state index contributed by atoms with van der Waals surface area (Å²) in [5.41, 5.74) is 10.9. The van der Waals surface area contributed by atoms with Gasteiger partial charge < -0.3 is 11.1 Å². The molecule has 0 amide bonds. The first-order valence-corrected chi connectivity index (χ1v) is 8.02. The second-order valence-corrected chi connectivity index (χ2v) is 6.62. The molecule has 3 atom stereocenters. The molecule has 108 valence electrons. The summed E-state index contributed by atoms with van der Waals surface area (Å²) >= 11 is 6.03. The van der Waals surface area contributed by atoms with Crippen molar-refractivity contribution in [1.29, 1.82) is 0 Å². The predicted octanol–water partition coefficient (Wildman–Crippen LogP) is 4.97. The van der Waals surface area contributed by atoms with Crippen molar-refractivity contribution in [2.75, 3.05) is 11.1 Å². The lowest BCUT2D eigenvalue weighted by Gasteiger charge is -2.38. The maximum atomic E-state index is 6.20. The summed E-state index contributed by atoms with van der Waals surface area (Å²) in [7, 11) is 0. The highest BCUT2D eigenvalue weighted by Gasteiger charge is 2.40. The number of nitrogens with one attached hydrogen (secondary N) is 1. The van der Waals surface area contributed by atoms with Gasteiger partial charge in [0, 0.05) is 5.02 Å². The molecule has 1 saturated carbocycles. The van der Waals surface area contributed by atoms with Crippen LogP contribution in [-0.2, 0) is 0 Å². The van der Waals surface area contributed by atoms with E-state index in [-0.39, 0.29) is 0 Å². The molecule has 0 spiro atoms. The maximum Gasteiger partial charge on any atom is 0.0614 e. The van der Waals surface area contributed by atoms with Crippen molar-refractivity contribution in [2.45, 2.75) is 31.2 Å². The first kappa shape index (κ1) is 13.0. The van der Waals surface area contributed by atoms with E-state index < -0.39 is 0 Å². The van der Waals surface area contributed by atoms with E-state index in [4.69, 9.17) is 17.3 Å². The van der Waals surface area contributed by atoms with Gasteiger partial charge in [-0.3, -0.25) is 0 Å². The summed E-state index contributed by atoms with van der Waals surface area (Å²) < 4.78 is 0. The zero-order valence-electron chi connectivity index (χ0n) is 11.9. The SMILES string of the molecule is Nc1cccc2c1N[C@@H](c1ccc(Cl)cc1)[C@H]1CCC[C@H]21. The smallest absolute Gasteiger partial charge is 0.0614 e. The Morgan fingerprint density at radius 1 is 1.05 bits per heavy atom. The number of rotatable bonds is 1. The molecule has 1 heterocycles. The van der Waals surface area contributed by atoms with Crippen LogP contribution in [0.5, 0.6) is 0 Å². The van der Waals surface area contributed by atoms with E-state index in [2.05, 4.69) is 29.6 Å². The van der Waals surface area contributed by atoms with Crippen molar-refractivity contribution in [3.63, 3.8) is 0 Å². The van der Waals surface area contributed by atoms with E-state index in [1.807, 2.05) is 18.2 Å². The van der Waals surface area contributed by atoms with E-state index >= 15 is 0 Å². The number of hydrogen-bond donors (Lipinski definition) is 2. The van der Waals surface area contributed by atoms with Crippen LogP contribution in [0, 0.1) is 5.92 Å². The van der Waals surface area contributed by atoms with Crippen LogP contribution < -0.4 is 11.1 Å². The van der Waals surface area contributed by atoms with Crippen LogP contribution in [0.15, 0.2) is 42.5 Å². The van der Waals surface area contributed by atoms with Crippen molar-refractivity contribution in [3.8, 4) is 0 Å². The Hall–Kier alpha value is -1.67. The third-order valence-corrected chi connectivity index (χ3v) is 5.31. The van der Waals surface area contributed by atoms with Crippen molar-refractivity contribution in [3.05, 3.63) is 58.6 Å². The van der Waals surface area contributed by atoms with Crippen LogP contribution in [0.1, 0.15) is 42.3 Å². The van der Waals surface area contributed by atoms with Gasteiger partial charge in [0.05, 0.1) is 17.4 Å². The quantitative estimate of drug-likeness (QED) is 0.729. The van der Waals surface area contributed by atoms with Crippen molar-refractivity contribution < 1.29 is 0 Å². The summed E-state index contributed by atoms with van der Waals surface area (Å²) in [5, 5.41) is 4.49. The molecule has 1 aliphatic carbocycles. The summed E-state index contributed by atoms with van der Waals surface area (Å²) in [5.74, 6) is 1.28. The lowest BCUT2D eigenvalue weighted by Crippen LogP contribution is -2.29. The van der Waals surface area contributed by atoms with Gasteiger partial charge in [0.2, 0.25) is 0 Å². The molecule has 2 nitrogen and oxygen atoms in total. The Balaban J connectivity index is 1.79. The van der Waals surface area contributed by atoms with Crippen molar-refractivity contribution >= 4 is 23.0 Å². The topological polar surface area (TPSA) is 38.0 Å². The second kappa shape index (κ2) is 4.96. The Labute approximate surface area is 130 Å². The van der Waals surface area contributed by atoms with Gasteiger partial charge in [-0.2, -0.15) is 0 Å². The van der Waals surface area contributed by atoms with Crippen LogP contribution in [-0.4, -0.2) is 0 Å². The first-order chi connectivity index (χ1) is 10.2. The molecule has 2 aliphatic rings. The number of hydrogen-bond acceptors (Lipinski definition) is 2. The minimum Gasteiger partial charge on any atom is -0.397 e. The van der Waals surface area contributed by atoms with E-state index in [1.165, 1.54) is 30.4 Å². The van der Waals surface area contributed by atoms with Gasteiger partial charge in [-0.15, -0.1) is 0 Å². The summed E-state index contributed by atoms with van der Waals surface area (Å²) in [6.45, 7) is 0. The lowest BCUT2D eigenvalue weighted by atomic mass is 9.77. The minimum absolute atomic E-state index is 0.340. The summed E-state index contributed by atoms with van der Waals surface area (Å²) in [6, 6.07) is 14.9. The number of nitrogen functional groups attached to an aromatic ring is 1. The van der Waals surface area contributed by atoms with Crippen LogP contribution in [0.25, 0.3) is 0 Å².